The SMILES string of the molecule is COC(=O)c1cc(OC)c(OC)cc1NC(=O)c1ccc(N)nc1. The van der Waals surface area contributed by atoms with E-state index in [1.165, 1.54) is 51.8 Å². The highest BCUT2D eigenvalue weighted by Crippen LogP contribution is 2.34. The fourth-order valence-corrected chi connectivity index (χ4v) is 2.00. The molecule has 0 saturated heterocycles. The van der Waals surface area contributed by atoms with Crippen molar-refractivity contribution in [3.8, 4) is 11.5 Å². The minimum absolute atomic E-state index is 0.131. The lowest BCUT2D eigenvalue weighted by atomic mass is 10.1. The van der Waals surface area contributed by atoms with E-state index in [-0.39, 0.29) is 16.8 Å². The summed E-state index contributed by atoms with van der Waals surface area (Å²) in [7, 11) is 4.14. The van der Waals surface area contributed by atoms with Crippen molar-refractivity contribution < 1.29 is 23.8 Å². The van der Waals surface area contributed by atoms with Gasteiger partial charge in [-0.1, -0.05) is 0 Å². The molecule has 1 amide bonds. The zero-order valence-corrected chi connectivity index (χ0v) is 13.5. The molecular weight excluding hydrogens is 314 g/mol. The number of amides is 1. The Hall–Kier alpha value is -3.29. The van der Waals surface area contributed by atoms with Crippen LogP contribution in [0.1, 0.15) is 20.7 Å². The van der Waals surface area contributed by atoms with Crippen LogP contribution in [0.5, 0.6) is 11.5 Å². The first-order valence-electron chi connectivity index (χ1n) is 6.87. The molecule has 2 aromatic rings. The van der Waals surface area contributed by atoms with Crippen LogP contribution in [0.15, 0.2) is 30.5 Å². The van der Waals surface area contributed by atoms with Crippen LogP contribution in [0.3, 0.4) is 0 Å². The Bertz CT molecular complexity index is 759. The lowest BCUT2D eigenvalue weighted by Crippen LogP contribution is -2.16. The van der Waals surface area contributed by atoms with E-state index in [2.05, 4.69) is 10.3 Å². The highest BCUT2D eigenvalue weighted by Gasteiger charge is 2.19. The molecule has 0 aliphatic rings. The van der Waals surface area contributed by atoms with E-state index in [1.807, 2.05) is 0 Å². The third-order valence-corrected chi connectivity index (χ3v) is 3.23. The molecule has 0 spiro atoms. The second kappa shape index (κ2) is 7.32. The summed E-state index contributed by atoms with van der Waals surface area (Å²) in [6.07, 6.45) is 1.34. The maximum Gasteiger partial charge on any atom is 0.340 e. The first-order valence-corrected chi connectivity index (χ1v) is 6.87. The molecule has 1 aromatic carbocycles. The van der Waals surface area contributed by atoms with Gasteiger partial charge in [0.1, 0.15) is 5.82 Å². The normalized spacial score (nSPS) is 9.96. The molecule has 0 radical (unpaired) electrons. The number of hydrogen-bond donors (Lipinski definition) is 2. The quantitative estimate of drug-likeness (QED) is 0.802. The number of aromatic nitrogens is 1. The fraction of sp³-hybridized carbons (Fsp3) is 0.188. The smallest absolute Gasteiger partial charge is 0.340 e. The van der Waals surface area contributed by atoms with Crippen LogP contribution in [0, 0.1) is 0 Å². The monoisotopic (exact) mass is 331 g/mol. The topological polar surface area (TPSA) is 113 Å². The molecule has 126 valence electrons. The van der Waals surface area contributed by atoms with Crippen molar-refractivity contribution in [2.45, 2.75) is 0 Å². The first-order chi connectivity index (χ1) is 11.5. The van der Waals surface area contributed by atoms with Crippen LogP contribution in [-0.2, 0) is 4.74 Å². The Morgan fingerprint density at radius 3 is 2.29 bits per heavy atom. The van der Waals surface area contributed by atoms with Gasteiger partial charge in [0.25, 0.3) is 5.91 Å². The number of nitrogen functional groups attached to an aromatic ring is 1. The Kier molecular flexibility index (Phi) is 5.20. The van der Waals surface area contributed by atoms with Gasteiger partial charge in [-0.3, -0.25) is 4.79 Å². The van der Waals surface area contributed by atoms with Gasteiger partial charge in [-0.15, -0.1) is 0 Å². The average molecular weight is 331 g/mol. The van der Waals surface area contributed by atoms with Crippen LogP contribution in [0.2, 0.25) is 0 Å². The number of pyridine rings is 1. The molecule has 8 nitrogen and oxygen atoms in total. The molecule has 0 atom stereocenters. The molecule has 3 N–H and O–H groups in total. The zero-order chi connectivity index (χ0) is 17.7. The van der Waals surface area contributed by atoms with Crippen molar-refractivity contribution in [1.82, 2.24) is 4.98 Å². The minimum Gasteiger partial charge on any atom is -0.493 e. The fourth-order valence-electron chi connectivity index (χ4n) is 2.00. The van der Waals surface area contributed by atoms with Gasteiger partial charge in [-0.05, 0) is 12.1 Å². The number of carbonyl (C=O) groups is 2. The summed E-state index contributed by atoms with van der Waals surface area (Å²) in [5, 5.41) is 2.63. The van der Waals surface area contributed by atoms with Crippen LogP contribution < -0.4 is 20.5 Å². The van der Waals surface area contributed by atoms with Gasteiger partial charge in [0.2, 0.25) is 0 Å². The number of esters is 1. The molecule has 0 bridgehead atoms. The predicted molar refractivity (Wildman–Crippen MR) is 87.5 cm³/mol. The Morgan fingerprint density at radius 2 is 1.75 bits per heavy atom. The van der Waals surface area contributed by atoms with Crippen LogP contribution >= 0.6 is 0 Å². The number of anilines is 2. The van der Waals surface area contributed by atoms with E-state index in [1.54, 1.807) is 0 Å². The summed E-state index contributed by atoms with van der Waals surface area (Å²) in [5.74, 6) is -0.0876. The lowest BCUT2D eigenvalue weighted by Gasteiger charge is -2.14. The van der Waals surface area contributed by atoms with Gasteiger partial charge >= 0.3 is 5.97 Å². The Labute approximate surface area is 138 Å². The largest absolute Gasteiger partial charge is 0.493 e. The molecule has 0 unspecified atom stereocenters. The molecule has 0 fully saturated rings. The molecule has 0 saturated carbocycles. The van der Waals surface area contributed by atoms with Crippen molar-refractivity contribution in [2.24, 2.45) is 0 Å². The minimum atomic E-state index is -0.623. The molecule has 0 aliphatic heterocycles. The molecule has 1 heterocycles. The van der Waals surface area contributed by atoms with Gasteiger partial charge in [0, 0.05) is 18.3 Å². The number of ether oxygens (including phenoxy) is 3. The summed E-state index contributed by atoms with van der Waals surface area (Å²) < 4.78 is 15.1. The molecule has 1 aromatic heterocycles. The van der Waals surface area contributed by atoms with Gasteiger partial charge in [-0.25, -0.2) is 9.78 Å². The van der Waals surface area contributed by atoms with Crippen molar-refractivity contribution in [3.63, 3.8) is 0 Å². The van der Waals surface area contributed by atoms with E-state index in [9.17, 15) is 9.59 Å². The standard InChI is InChI=1S/C16H17N3O5/c1-22-12-6-10(16(21)24-3)11(7-13(12)23-2)19-15(20)9-4-5-14(17)18-8-9/h4-8H,1-3H3,(H2,17,18)(H,19,20). The van der Waals surface area contributed by atoms with E-state index >= 15 is 0 Å². The Morgan fingerprint density at radius 1 is 1.08 bits per heavy atom. The number of benzene rings is 1. The summed E-state index contributed by atoms with van der Waals surface area (Å²) in [6, 6.07) is 5.94. The number of rotatable bonds is 5. The first kappa shape index (κ1) is 17.1. The number of carbonyl (C=O) groups excluding carboxylic acids is 2. The molecule has 2 rings (SSSR count). The summed E-state index contributed by atoms with van der Waals surface area (Å²) in [6.45, 7) is 0. The summed E-state index contributed by atoms with van der Waals surface area (Å²) in [5.41, 5.74) is 6.14. The number of nitrogens with two attached hydrogens (primary N) is 1. The van der Waals surface area contributed by atoms with Crippen LogP contribution in [0.25, 0.3) is 0 Å². The van der Waals surface area contributed by atoms with Crippen molar-refractivity contribution in [2.75, 3.05) is 32.4 Å². The van der Waals surface area contributed by atoms with Crippen LogP contribution in [0.4, 0.5) is 11.5 Å². The van der Waals surface area contributed by atoms with Crippen molar-refractivity contribution in [3.05, 3.63) is 41.6 Å². The maximum absolute atomic E-state index is 12.3. The molecule has 0 aliphatic carbocycles. The van der Waals surface area contributed by atoms with Crippen molar-refractivity contribution in [1.29, 1.82) is 0 Å². The lowest BCUT2D eigenvalue weighted by molar-refractivity contribution is 0.0601. The van der Waals surface area contributed by atoms with Crippen molar-refractivity contribution >= 4 is 23.4 Å². The van der Waals surface area contributed by atoms with E-state index in [0.29, 0.717) is 17.3 Å². The van der Waals surface area contributed by atoms with Gasteiger partial charge in [0.05, 0.1) is 38.1 Å². The second-order valence-corrected chi connectivity index (χ2v) is 4.67. The summed E-state index contributed by atoms with van der Waals surface area (Å²) >= 11 is 0. The van der Waals surface area contributed by atoms with E-state index in [0.717, 1.165) is 0 Å². The van der Waals surface area contributed by atoms with Gasteiger partial charge in [0.15, 0.2) is 11.5 Å². The predicted octanol–water partition coefficient (Wildman–Crippen LogP) is 1.72. The van der Waals surface area contributed by atoms with E-state index in [4.69, 9.17) is 19.9 Å². The number of hydrogen-bond acceptors (Lipinski definition) is 7. The molecule has 8 heteroatoms. The zero-order valence-electron chi connectivity index (χ0n) is 13.5. The molecule has 24 heavy (non-hydrogen) atoms. The maximum atomic E-state index is 12.3. The third kappa shape index (κ3) is 3.54. The number of nitrogens with zero attached hydrogens (tertiary/aromatic N) is 1. The van der Waals surface area contributed by atoms with Gasteiger partial charge < -0.3 is 25.3 Å². The highest BCUT2D eigenvalue weighted by molar-refractivity contribution is 6.08. The van der Waals surface area contributed by atoms with E-state index < -0.39 is 11.9 Å². The molecular formula is C16H17N3O5. The highest BCUT2D eigenvalue weighted by atomic mass is 16.5. The third-order valence-electron chi connectivity index (χ3n) is 3.23. The van der Waals surface area contributed by atoms with Crippen LogP contribution in [-0.4, -0.2) is 38.2 Å². The van der Waals surface area contributed by atoms with Gasteiger partial charge in [-0.2, -0.15) is 0 Å². The average Bonchev–Trinajstić information content (AvgIpc) is 2.61. The summed E-state index contributed by atoms with van der Waals surface area (Å²) in [4.78, 5) is 28.1. The Balaban J connectivity index is 2.41. The second-order valence-electron chi connectivity index (χ2n) is 4.67. The number of methoxy groups -OCH3 is 3. The number of nitrogens with one attached hydrogen (secondary N) is 1.